The van der Waals surface area contributed by atoms with Gasteiger partial charge >= 0.3 is 11.7 Å². The van der Waals surface area contributed by atoms with Gasteiger partial charge in [0.2, 0.25) is 0 Å². The van der Waals surface area contributed by atoms with Crippen LogP contribution >= 0.6 is 11.8 Å². The molecule has 2 amide bonds. The van der Waals surface area contributed by atoms with E-state index < -0.39 is 35.0 Å². The molecular formula is C18H17N3O6S. The molecule has 28 heavy (non-hydrogen) atoms. The number of carbonyl (C=O) groups is 3. The Bertz CT molecular complexity index is 1110. The van der Waals surface area contributed by atoms with E-state index >= 15 is 0 Å². The van der Waals surface area contributed by atoms with Crippen molar-refractivity contribution < 1.29 is 23.9 Å². The van der Waals surface area contributed by atoms with Crippen LogP contribution in [0.15, 0.2) is 38.7 Å². The number of rotatable bonds is 4. The van der Waals surface area contributed by atoms with E-state index in [1.54, 1.807) is 19.9 Å². The lowest BCUT2D eigenvalue weighted by molar-refractivity contribution is -0.148. The number of hydrogen-bond acceptors (Lipinski definition) is 6. The predicted octanol–water partition coefficient (Wildman–Crippen LogP) is 0.987. The fourth-order valence-corrected chi connectivity index (χ4v) is 4.80. The third kappa shape index (κ3) is 2.63. The van der Waals surface area contributed by atoms with E-state index in [2.05, 4.69) is 5.32 Å². The molecule has 0 radical (unpaired) electrons. The van der Waals surface area contributed by atoms with Crippen LogP contribution in [0.4, 0.5) is 0 Å². The van der Waals surface area contributed by atoms with Crippen LogP contribution < -0.4 is 11.1 Å². The minimum Gasteiger partial charge on any atom is -0.477 e. The number of carbonyl (C=O) groups excluding carboxylic acids is 2. The van der Waals surface area contributed by atoms with Crippen LogP contribution in [0, 0.1) is 0 Å². The highest BCUT2D eigenvalue weighted by atomic mass is 32.2. The number of carboxylic acid groups (broad SMARTS) is 1. The fourth-order valence-electron chi connectivity index (χ4n) is 3.50. The van der Waals surface area contributed by atoms with E-state index in [4.69, 9.17) is 4.42 Å². The predicted molar refractivity (Wildman–Crippen MR) is 101 cm³/mol. The summed E-state index contributed by atoms with van der Waals surface area (Å²) in [6.45, 7) is 3.87. The van der Waals surface area contributed by atoms with Crippen LogP contribution in [0.3, 0.4) is 0 Å². The van der Waals surface area contributed by atoms with Crippen molar-refractivity contribution in [3.05, 3.63) is 45.6 Å². The first kappa shape index (κ1) is 18.4. The number of thioether (sulfide) groups is 1. The number of nitrogens with one attached hydrogen (secondary N) is 1. The van der Waals surface area contributed by atoms with Crippen molar-refractivity contribution in [2.75, 3.05) is 5.75 Å². The molecule has 1 aromatic heterocycles. The van der Waals surface area contributed by atoms with Crippen LogP contribution in [0.1, 0.15) is 24.2 Å². The lowest BCUT2D eigenvalue weighted by Crippen LogP contribution is -2.70. The van der Waals surface area contributed by atoms with Crippen LogP contribution in [0.5, 0.6) is 0 Å². The minimum absolute atomic E-state index is 0.00831. The summed E-state index contributed by atoms with van der Waals surface area (Å²) in [5.74, 6) is -2.09. The largest absolute Gasteiger partial charge is 0.477 e. The van der Waals surface area contributed by atoms with Gasteiger partial charge in [0.05, 0.1) is 5.52 Å². The molecule has 10 heteroatoms. The molecule has 4 rings (SSSR count). The standard InChI is InChI=1S/C18H17N3O6S/c1-3-20-10-6-9(4-5-11(10)27-18(20)26)14(22)19-12-15(23)21-13(17(24)25)8(2)7-28-16(12)21/h4-6,12,16H,3,7H2,1-2H3,(H,19,22)(H,24,25). The number of amides is 2. The number of benzene rings is 1. The Kier molecular flexibility index (Phi) is 4.30. The number of nitrogens with zero attached hydrogens (tertiary/aromatic N) is 2. The Morgan fingerprint density at radius 3 is 2.79 bits per heavy atom. The summed E-state index contributed by atoms with van der Waals surface area (Å²) in [6, 6.07) is 3.80. The summed E-state index contributed by atoms with van der Waals surface area (Å²) in [6.07, 6.45) is 0. The molecule has 146 valence electrons. The van der Waals surface area contributed by atoms with Crippen LogP contribution in [-0.4, -0.2) is 49.5 Å². The first-order chi connectivity index (χ1) is 13.3. The number of aromatic nitrogens is 1. The molecular weight excluding hydrogens is 386 g/mol. The van der Waals surface area contributed by atoms with Gasteiger partial charge in [-0.15, -0.1) is 11.8 Å². The summed E-state index contributed by atoms with van der Waals surface area (Å²) >= 11 is 1.41. The maximum absolute atomic E-state index is 12.7. The number of oxazole rings is 1. The summed E-state index contributed by atoms with van der Waals surface area (Å²) in [4.78, 5) is 49.6. The summed E-state index contributed by atoms with van der Waals surface area (Å²) < 4.78 is 6.53. The highest BCUT2D eigenvalue weighted by Gasteiger charge is 2.53. The average molecular weight is 403 g/mol. The molecule has 1 saturated heterocycles. The minimum atomic E-state index is -1.15. The second kappa shape index (κ2) is 6.55. The van der Waals surface area contributed by atoms with Crippen molar-refractivity contribution in [2.45, 2.75) is 31.8 Å². The number of β-lactam (4-membered cyclic amide) rings is 1. The fraction of sp³-hybridized carbons (Fsp3) is 0.333. The maximum atomic E-state index is 12.7. The van der Waals surface area contributed by atoms with Crippen molar-refractivity contribution >= 4 is 40.6 Å². The Morgan fingerprint density at radius 1 is 1.36 bits per heavy atom. The van der Waals surface area contributed by atoms with E-state index in [9.17, 15) is 24.3 Å². The number of fused-ring (bicyclic) bond motifs is 2. The first-order valence-electron chi connectivity index (χ1n) is 8.65. The van der Waals surface area contributed by atoms with Gasteiger partial charge in [0.1, 0.15) is 17.1 Å². The second-order valence-electron chi connectivity index (χ2n) is 6.59. The SMILES string of the molecule is CCn1c(=O)oc2ccc(C(=O)NC3C(=O)N4C(C(=O)O)=C(C)CSC34)cc21. The van der Waals surface area contributed by atoms with Crippen molar-refractivity contribution in [3.8, 4) is 0 Å². The lowest BCUT2D eigenvalue weighted by Gasteiger charge is -2.49. The van der Waals surface area contributed by atoms with Gasteiger partial charge in [-0.05, 0) is 37.6 Å². The van der Waals surface area contributed by atoms with Gasteiger partial charge in [-0.1, -0.05) is 0 Å². The molecule has 2 N–H and O–H groups in total. The molecule has 2 aliphatic rings. The second-order valence-corrected chi connectivity index (χ2v) is 7.69. The van der Waals surface area contributed by atoms with Crippen LogP contribution in [0.2, 0.25) is 0 Å². The number of aliphatic carboxylic acids is 1. The third-order valence-corrected chi connectivity index (χ3v) is 6.32. The van der Waals surface area contributed by atoms with Crippen LogP contribution in [-0.2, 0) is 16.1 Å². The molecule has 2 aromatic rings. The van der Waals surface area contributed by atoms with Gasteiger partial charge in [-0.3, -0.25) is 19.1 Å². The molecule has 0 spiro atoms. The molecule has 1 fully saturated rings. The Morgan fingerprint density at radius 2 is 2.11 bits per heavy atom. The van der Waals surface area contributed by atoms with Crippen molar-refractivity contribution in [2.24, 2.45) is 0 Å². The number of carboxylic acids is 1. The van der Waals surface area contributed by atoms with E-state index in [1.165, 1.54) is 33.4 Å². The zero-order chi connectivity index (χ0) is 20.2. The average Bonchev–Trinajstić information content (AvgIpc) is 2.99. The molecule has 2 atom stereocenters. The molecule has 9 nitrogen and oxygen atoms in total. The summed E-state index contributed by atoms with van der Waals surface area (Å²) in [5.41, 5.74) is 1.78. The Hall–Kier alpha value is -3.01. The Balaban J connectivity index is 1.57. The molecule has 1 aromatic carbocycles. The third-order valence-electron chi connectivity index (χ3n) is 4.89. The molecule has 0 bridgehead atoms. The maximum Gasteiger partial charge on any atom is 0.419 e. The molecule has 0 saturated carbocycles. The normalized spacial score (nSPS) is 21.5. The number of hydrogen-bond donors (Lipinski definition) is 2. The first-order valence-corrected chi connectivity index (χ1v) is 9.70. The molecule has 3 heterocycles. The van der Waals surface area contributed by atoms with Gasteiger partial charge in [0.15, 0.2) is 5.58 Å². The van der Waals surface area contributed by atoms with Crippen molar-refractivity contribution in [1.29, 1.82) is 0 Å². The number of aryl methyl sites for hydroxylation is 1. The molecule has 2 aliphatic heterocycles. The monoisotopic (exact) mass is 403 g/mol. The van der Waals surface area contributed by atoms with Gasteiger partial charge in [-0.25, -0.2) is 9.59 Å². The summed E-state index contributed by atoms with van der Waals surface area (Å²) in [7, 11) is 0. The highest BCUT2D eigenvalue weighted by Crippen LogP contribution is 2.40. The van der Waals surface area contributed by atoms with E-state index in [-0.39, 0.29) is 11.3 Å². The van der Waals surface area contributed by atoms with Crippen molar-refractivity contribution in [1.82, 2.24) is 14.8 Å². The van der Waals surface area contributed by atoms with Gasteiger partial charge in [0, 0.05) is 17.9 Å². The van der Waals surface area contributed by atoms with E-state index in [1.807, 2.05) is 0 Å². The zero-order valence-electron chi connectivity index (χ0n) is 15.1. The zero-order valence-corrected chi connectivity index (χ0v) is 15.9. The smallest absolute Gasteiger partial charge is 0.419 e. The van der Waals surface area contributed by atoms with Crippen molar-refractivity contribution in [3.63, 3.8) is 0 Å². The Labute approximate surface area is 163 Å². The van der Waals surface area contributed by atoms with Gasteiger partial charge < -0.3 is 14.8 Å². The molecule has 2 unspecified atom stereocenters. The van der Waals surface area contributed by atoms with E-state index in [0.717, 1.165) is 0 Å². The lowest BCUT2D eigenvalue weighted by atomic mass is 10.0. The van der Waals surface area contributed by atoms with Gasteiger partial charge in [0.25, 0.3) is 11.8 Å². The summed E-state index contributed by atoms with van der Waals surface area (Å²) in [5, 5.41) is 11.6. The topological polar surface area (TPSA) is 122 Å². The quantitative estimate of drug-likeness (QED) is 0.730. The van der Waals surface area contributed by atoms with E-state index in [0.29, 0.717) is 29.0 Å². The van der Waals surface area contributed by atoms with Crippen LogP contribution in [0.25, 0.3) is 11.1 Å². The highest BCUT2D eigenvalue weighted by molar-refractivity contribution is 8.00. The molecule has 0 aliphatic carbocycles. The van der Waals surface area contributed by atoms with Gasteiger partial charge in [-0.2, -0.15) is 0 Å².